The highest BCUT2D eigenvalue weighted by atomic mass is 35.5. The normalized spacial score (nSPS) is 10.5. The molecule has 1 amide bonds. The van der Waals surface area contributed by atoms with E-state index in [-0.39, 0.29) is 12.5 Å². The Labute approximate surface area is 166 Å². The number of nitrogens with zero attached hydrogens (tertiary/aromatic N) is 1. The van der Waals surface area contributed by atoms with Crippen molar-refractivity contribution < 1.29 is 14.3 Å². The SMILES string of the molecule is COc1cc(C)ccc1OCC(=O)Nc1ncc(Cc2cccc(Cl)c2)s1. The molecule has 0 radical (unpaired) electrons. The first-order chi connectivity index (χ1) is 13.0. The molecule has 1 N–H and O–H groups in total. The van der Waals surface area contributed by atoms with Gasteiger partial charge in [-0.3, -0.25) is 10.1 Å². The molecule has 27 heavy (non-hydrogen) atoms. The van der Waals surface area contributed by atoms with Gasteiger partial charge in [-0.05, 0) is 42.3 Å². The van der Waals surface area contributed by atoms with Crippen molar-refractivity contribution in [2.45, 2.75) is 13.3 Å². The average molecular weight is 403 g/mol. The molecule has 5 nitrogen and oxygen atoms in total. The van der Waals surface area contributed by atoms with E-state index in [1.807, 2.05) is 43.3 Å². The van der Waals surface area contributed by atoms with Gasteiger partial charge < -0.3 is 9.47 Å². The lowest BCUT2D eigenvalue weighted by Crippen LogP contribution is -2.20. The highest BCUT2D eigenvalue weighted by Crippen LogP contribution is 2.28. The summed E-state index contributed by atoms with van der Waals surface area (Å²) in [7, 11) is 1.57. The lowest BCUT2D eigenvalue weighted by Gasteiger charge is -2.10. The van der Waals surface area contributed by atoms with Crippen molar-refractivity contribution in [2.24, 2.45) is 0 Å². The molecule has 0 aliphatic carbocycles. The van der Waals surface area contributed by atoms with E-state index in [1.165, 1.54) is 11.3 Å². The molecule has 0 saturated heterocycles. The van der Waals surface area contributed by atoms with Gasteiger partial charge in [-0.1, -0.05) is 29.8 Å². The van der Waals surface area contributed by atoms with Gasteiger partial charge in [0, 0.05) is 22.5 Å². The molecular weight excluding hydrogens is 384 g/mol. The fourth-order valence-electron chi connectivity index (χ4n) is 2.49. The van der Waals surface area contributed by atoms with E-state index < -0.39 is 0 Å². The van der Waals surface area contributed by atoms with Crippen LogP contribution < -0.4 is 14.8 Å². The van der Waals surface area contributed by atoms with Gasteiger partial charge in [-0.15, -0.1) is 11.3 Å². The van der Waals surface area contributed by atoms with Crippen molar-refractivity contribution in [3.8, 4) is 11.5 Å². The summed E-state index contributed by atoms with van der Waals surface area (Å²) >= 11 is 7.44. The van der Waals surface area contributed by atoms with E-state index in [2.05, 4.69) is 10.3 Å². The summed E-state index contributed by atoms with van der Waals surface area (Å²) in [4.78, 5) is 17.4. The Hall–Kier alpha value is -2.57. The Morgan fingerprint density at radius 1 is 1.22 bits per heavy atom. The summed E-state index contributed by atoms with van der Waals surface area (Å²) < 4.78 is 10.8. The quantitative estimate of drug-likeness (QED) is 0.621. The predicted octanol–water partition coefficient (Wildman–Crippen LogP) is 4.72. The zero-order valence-corrected chi connectivity index (χ0v) is 16.6. The van der Waals surface area contributed by atoms with Crippen molar-refractivity contribution >= 4 is 34.0 Å². The number of aryl methyl sites for hydroxylation is 1. The van der Waals surface area contributed by atoms with Crippen LogP contribution in [0.3, 0.4) is 0 Å². The number of amides is 1. The molecule has 0 atom stereocenters. The fraction of sp³-hybridized carbons (Fsp3) is 0.200. The number of thiazole rings is 1. The van der Waals surface area contributed by atoms with E-state index >= 15 is 0 Å². The summed E-state index contributed by atoms with van der Waals surface area (Å²) in [5.41, 5.74) is 2.15. The van der Waals surface area contributed by atoms with Crippen LogP contribution in [0.1, 0.15) is 16.0 Å². The molecule has 0 aliphatic rings. The van der Waals surface area contributed by atoms with Crippen LogP contribution in [0.2, 0.25) is 5.02 Å². The minimum absolute atomic E-state index is 0.122. The summed E-state index contributed by atoms with van der Waals surface area (Å²) in [6, 6.07) is 13.2. The number of aromatic nitrogens is 1. The second kappa shape index (κ2) is 8.88. The summed E-state index contributed by atoms with van der Waals surface area (Å²) in [5, 5.41) is 4.00. The molecule has 7 heteroatoms. The van der Waals surface area contributed by atoms with Gasteiger partial charge in [-0.25, -0.2) is 4.98 Å². The molecule has 3 rings (SSSR count). The van der Waals surface area contributed by atoms with Gasteiger partial charge in [0.1, 0.15) is 0 Å². The number of carbonyl (C=O) groups is 1. The maximum absolute atomic E-state index is 12.1. The van der Waals surface area contributed by atoms with Gasteiger partial charge in [0.2, 0.25) is 0 Å². The number of ether oxygens (including phenoxy) is 2. The maximum atomic E-state index is 12.1. The smallest absolute Gasteiger partial charge is 0.264 e. The topological polar surface area (TPSA) is 60.5 Å². The molecule has 2 aromatic carbocycles. The van der Waals surface area contributed by atoms with Crippen LogP contribution in [0.4, 0.5) is 5.13 Å². The lowest BCUT2D eigenvalue weighted by atomic mass is 10.1. The second-order valence-corrected chi connectivity index (χ2v) is 7.48. The fourth-order valence-corrected chi connectivity index (χ4v) is 3.56. The number of nitrogens with one attached hydrogen (secondary N) is 1. The third kappa shape index (κ3) is 5.45. The van der Waals surface area contributed by atoms with E-state index in [9.17, 15) is 4.79 Å². The van der Waals surface area contributed by atoms with Gasteiger partial charge in [0.15, 0.2) is 23.2 Å². The van der Waals surface area contributed by atoms with Gasteiger partial charge in [-0.2, -0.15) is 0 Å². The summed E-state index contributed by atoms with van der Waals surface area (Å²) in [5.74, 6) is 0.848. The van der Waals surface area contributed by atoms with Crippen LogP contribution >= 0.6 is 22.9 Å². The number of methoxy groups -OCH3 is 1. The maximum Gasteiger partial charge on any atom is 0.264 e. The number of hydrogen-bond donors (Lipinski definition) is 1. The predicted molar refractivity (Wildman–Crippen MR) is 108 cm³/mol. The number of halogens is 1. The second-order valence-electron chi connectivity index (χ2n) is 5.93. The van der Waals surface area contributed by atoms with Crippen LogP contribution in [-0.4, -0.2) is 24.6 Å². The van der Waals surface area contributed by atoms with Gasteiger partial charge in [0.25, 0.3) is 5.91 Å². The minimum atomic E-state index is -0.277. The third-order valence-corrected chi connectivity index (χ3v) is 4.89. The molecule has 1 heterocycles. The molecule has 0 aliphatic heterocycles. The highest BCUT2D eigenvalue weighted by Gasteiger charge is 2.10. The van der Waals surface area contributed by atoms with E-state index in [0.717, 1.165) is 16.0 Å². The first-order valence-electron chi connectivity index (χ1n) is 8.30. The Kier molecular flexibility index (Phi) is 6.32. The molecule has 0 spiro atoms. The molecule has 0 fully saturated rings. The molecule has 0 saturated carbocycles. The van der Waals surface area contributed by atoms with Crippen molar-refractivity contribution in [1.82, 2.24) is 4.98 Å². The van der Waals surface area contributed by atoms with Crippen molar-refractivity contribution in [3.63, 3.8) is 0 Å². The molecule has 3 aromatic rings. The van der Waals surface area contributed by atoms with E-state index in [1.54, 1.807) is 19.4 Å². The molecular formula is C20H19ClN2O3S. The van der Waals surface area contributed by atoms with Crippen LogP contribution in [0, 0.1) is 6.92 Å². The van der Waals surface area contributed by atoms with E-state index in [4.69, 9.17) is 21.1 Å². The molecule has 1 aromatic heterocycles. The molecule has 0 unspecified atom stereocenters. The number of anilines is 1. The lowest BCUT2D eigenvalue weighted by molar-refractivity contribution is -0.118. The summed E-state index contributed by atoms with van der Waals surface area (Å²) in [6.45, 7) is 1.84. The van der Waals surface area contributed by atoms with Crippen LogP contribution in [-0.2, 0) is 11.2 Å². The zero-order chi connectivity index (χ0) is 19.2. The van der Waals surface area contributed by atoms with Crippen LogP contribution in [0.5, 0.6) is 11.5 Å². The van der Waals surface area contributed by atoms with Crippen LogP contribution in [0.15, 0.2) is 48.7 Å². The minimum Gasteiger partial charge on any atom is -0.493 e. The largest absolute Gasteiger partial charge is 0.493 e. The first kappa shape index (κ1) is 19.2. The average Bonchev–Trinajstić information content (AvgIpc) is 3.07. The molecule has 0 bridgehead atoms. The van der Waals surface area contributed by atoms with Gasteiger partial charge >= 0.3 is 0 Å². The zero-order valence-electron chi connectivity index (χ0n) is 15.0. The van der Waals surface area contributed by atoms with Crippen molar-refractivity contribution in [1.29, 1.82) is 0 Å². The number of hydrogen-bond acceptors (Lipinski definition) is 5. The van der Waals surface area contributed by atoms with Crippen molar-refractivity contribution in [2.75, 3.05) is 19.0 Å². The Morgan fingerprint density at radius 3 is 2.85 bits per heavy atom. The van der Waals surface area contributed by atoms with Gasteiger partial charge in [0.05, 0.1) is 7.11 Å². The standard InChI is InChI=1S/C20H19ClN2O3S/c1-13-6-7-17(18(8-13)25-2)26-12-19(24)23-20-22-11-16(27-20)10-14-4-3-5-15(21)9-14/h3-9,11H,10,12H2,1-2H3,(H,22,23,24). The third-order valence-electron chi connectivity index (χ3n) is 3.75. The Balaban J connectivity index is 1.55. The monoisotopic (exact) mass is 402 g/mol. The number of benzene rings is 2. The Bertz CT molecular complexity index is 942. The summed E-state index contributed by atoms with van der Waals surface area (Å²) in [6.07, 6.45) is 2.47. The Morgan fingerprint density at radius 2 is 2.07 bits per heavy atom. The molecule has 140 valence electrons. The first-order valence-corrected chi connectivity index (χ1v) is 9.49. The van der Waals surface area contributed by atoms with E-state index in [0.29, 0.717) is 28.1 Å². The van der Waals surface area contributed by atoms with Crippen LogP contribution in [0.25, 0.3) is 0 Å². The number of rotatable bonds is 7. The number of carbonyl (C=O) groups excluding carboxylic acids is 1. The van der Waals surface area contributed by atoms with Crippen molar-refractivity contribution in [3.05, 3.63) is 69.7 Å². The highest BCUT2D eigenvalue weighted by molar-refractivity contribution is 7.15.